The van der Waals surface area contributed by atoms with Crippen molar-refractivity contribution in [3.05, 3.63) is 0 Å². The van der Waals surface area contributed by atoms with Crippen molar-refractivity contribution in [3.8, 4) is 0 Å². The Balaban J connectivity index is 5.19. The molecular weight excluding hydrogens is 1220 g/mol. The smallest absolute Gasteiger partial charge is 0.462 e. The Labute approximate surface area is 568 Å². The Morgan fingerprint density at radius 3 is 0.634 bits per heavy atom. The molecule has 0 aliphatic carbocycles. The number of hydrogen-bond acceptors (Lipinski definition) is 15. The quantitative estimate of drug-likeness (QED) is 0.0222. The fourth-order valence-corrected chi connectivity index (χ4v) is 13.0. The number of carbonyl (C=O) groups excluding carboxylic acids is 4. The summed E-state index contributed by atoms with van der Waals surface area (Å²) in [4.78, 5) is 72.6. The van der Waals surface area contributed by atoms with Gasteiger partial charge in [0.05, 0.1) is 26.4 Å². The van der Waals surface area contributed by atoms with Crippen LogP contribution in [0, 0.1) is 0 Å². The Morgan fingerprint density at radius 2 is 0.430 bits per heavy atom. The van der Waals surface area contributed by atoms with Gasteiger partial charge in [0.25, 0.3) is 0 Å². The van der Waals surface area contributed by atoms with Crippen LogP contribution in [-0.4, -0.2) is 96.7 Å². The van der Waals surface area contributed by atoms with Gasteiger partial charge in [-0.3, -0.25) is 37.3 Å². The zero-order chi connectivity index (χ0) is 68.2. The van der Waals surface area contributed by atoms with Crippen LogP contribution >= 0.6 is 15.6 Å². The highest BCUT2D eigenvalue weighted by molar-refractivity contribution is 7.47. The third-order valence-corrected chi connectivity index (χ3v) is 19.3. The number of phosphoric ester groups is 2. The van der Waals surface area contributed by atoms with Crippen LogP contribution in [-0.2, 0) is 65.4 Å². The standard InChI is InChI=1S/C74H144O17P2/c1-5-9-13-17-21-25-29-31-32-33-34-35-36-37-39-41-45-49-53-57-61-74(79)91-70(65-85-72(77)59-55-51-47-44-40-38-30-26-22-18-14-10-6-2)67-89-93(82,83)87-63-68(75)62-86-92(80,81)88-66-69(90-73(78)60-56-52-48-43-28-24-20-16-12-8-4)64-84-71(76)58-54-50-46-42-27-23-19-15-11-7-3/h68-70,75H,5-67H2,1-4H3,(H,80,81)(H,82,83)/t68-,69+,70+/m0/s1. The highest BCUT2D eigenvalue weighted by atomic mass is 31.2. The van der Waals surface area contributed by atoms with Crippen molar-refractivity contribution in [1.29, 1.82) is 0 Å². The second-order valence-electron chi connectivity index (χ2n) is 26.7. The summed E-state index contributed by atoms with van der Waals surface area (Å²) in [7, 11) is -9.90. The van der Waals surface area contributed by atoms with Crippen LogP contribution in [0.4, 0.5) is 0 Å². The van der Waals surface area contributed by atoms with Gasteiger partial charge in [0.15, 0.2) is 12.2 Å². The van der Waals surface area contributed by atoms with Crippen molar-refractivity contribution in [3.63, 3.8) is 0 Å². The molecule has 3 N–H and O–H groups in total. The summed E-state index contributed by atoms with van der Waals surface area (Å²) in [6.07, 6.45) is 58.2. The molecule has 19 heteroatoms. The highest BCUT2D eigenvalue weighted by Gasteiger charge is 2.30. The van der Waals surface area contributed by atoms with Gasteiger partial charge < -0.3 is 33.8 Å². The molecule has 0 aliphatic rings. The first-order valence-corrected chi connectivity index (χ1v) is 41.8. The van der Waals surface area contributed by atoms with E-state index >= 15 is 0 Å². The first kappa shape index (κ1) is 91.1. The van der Waals surface area contributed by atoms with Crippen LogP contribution in [0.2, 0.25) is 0 Å². The molecule has 5 atom stereocenters. The molecular formula is C74H144O17P2. The minimum absolute atomic E-state index is 0.107. The summed E-state index contributed by atoms with van der Waals surface area (Å²) in [5.74, 6) is -2.12. The first-order chi connectivity index (χ1) is 45.2. The number of carbonyl (C=O) groups is 4. The molecule has 0 amide bonds. The van der Waals surface area contributed by atoms with Crippen LogP contribution in [0.5, 0.6) is 0 Å². The van der Waals surface area contributed by atoms with E-state index in [1.807, 2.05) is 0 Å². The molecule has 552 valence electrons. The molecule has 0 saturated heterocycles. The molecule has 93 heavy (non-hydrogen) atoms. The van der Waals surface area contributed by atoms with E-state index in [1.54, 1.807) is 0 Å². The molecule has 0 bridgehead atoms. The van der Waals surface area contributed by atoms with Crippen molar-refractivity contribution in [1.82, 2.24) is 0 Å². The van der Waals surface area contributed by atoms with Gasteiger partial charge in [-0.05, 0) is 25.7 Å². The number of hydrogen-bond donors (Lipinski definition) is 3. The van der Waals surface area contributed by atoms with E-state index in [0.717, 1.165) is 89.9 Å². The first-order valence-electron chi connectivity index (χ1n) is 38.8. The van der Waals surface area contributed by atoms with Gasteiger partial charge in [0.1, 0.15) is 19.3 Å². The maximum Gasteiger partial charge on any atom is 0.472 e. The summed E-state index contributed by atoms with van der Waals surface area (Å²) in [5, 5.41) is 10.6. The molecule has 0 spiro atoms. The molecule has 2 unspecified atom stereocenters. The Kier molecular flexibility index (Phi) is 67.1. The molecule has 0 aromatic heterocycles. The third kappa shape index (κ3) is 68.4. The largest absolute Gasteiger partial charge is 0.472 e. The Morgan fingerprint density at radius 1 is 0.258 bits per heavy atom. The molecule has 17 nitrogen and oxygen atoms in total. The highest BCUT2D eigenvalue weighted by Crippen LogP contribution is 2.45. The summed E-state index contributed by atoms with van der Waals surface area (Å²) in [6.45, 7) is 4.96. The maximum absolute atomic E-state index is 13.1. The van der Waals surface area contributed by atoms with Crippen LogP contribution in [0.1, 0.15) is 394 Å². The lowest BCUT2D eigenvalue weighted by Gasteiger charge is -2.21. The molecule has 0 fully saturated rings. The van der Waals surface area contributed by atoms with E-state index < -0.39 is 97.5 Å². The average Bonchev–Trinajstić information content (AvgIpc) is 3.40. The normalized spacial score (nSPS) is 13.9. The second kappa shape index (κ2) is 68.6. The summed E-state index contributed by atoms with van der Waals surface area (Å²) >= 11 is 0. The number of aliphatic hydroxyl groups excluding tert-OH is 1. The van der Waals surface area contributed by atoms with Crippen LogP contribution in [0.25, 0.3) is 0 Å². The molecule has 0 aromatic rings. The van der Waals surface area contributed by atoms with Crippen molar-refractivity contribution in [2.45, 2.75) is 412 Å². The van der Waals surface area contributed by atoms with Crippen LogP contribution < -0.4 is 0 Å². The number of esters is 4. The van der Waals surface area contributed by atoms with Gasteiger partial charge in [0.2, 0.25) is 0 Å². The van der Waals surface area contributed by atoms with Gasteiger partial charge in [0, 0.05) is 25.7 Å². The zero-order valence-corrected chi connectivity index (χ0v) is 62.0. The van der Waals surface area contributed by atoms with Crippen molar-refractivity contribution < 1.29 is 80.2 Å². The zero-order valence-electron chi connectivity index (χ0n) is 60.2. The van der Waals surface area contributed by atoms with Crippen LogP contribution in [0.3, 0.4) is 0 Å². The summed E-state index contributed by atoms with van der Waals surface area (Å²) in [6, 6.07) is 0. The SMILES string of the molecule is CCCCCCCCCCCCCCCCCCCCCCC(=O)O[C@H](COC(=O)CCCCCCCCCCCCCCC)COP(=O)(O)OC[C@@H](O)COP(=O)(O)OC[C@@H](COC(=O)CCCCCCCCCCCC)OC(=O)CCCCCCCCCCCC. The number of ether oxygens (including phenoxy) is 4. The van der Waals surface area contributed by atoms with Gasteiger partial charge >= 0.3 is 39.5 Å². The van der Waals surface area contributed by atoms with Gasteiger partial charge in [-0.2, -0.15) is 0 Å². The second-order valence-corrected chi connectivity index (χ2v) is 29.6. The predicted molar refractivity (Wildman–Crippen MR) is 377 cm³/mol. The van der Waals surface area contributed by atoms with Gasteiger partial charge in [-0.15, -0.1) is 0 Å². The number of unbranched alkanes of at least 4 members (excludes halogenated alkanes) is 49. The van der Waals surface area contributed by atoms with Crippen LogP contribution in [0.15, 0.2) is 0 Å². The van der Waals surface area contributed by atoms with Gasteiger partial charge in [-0.25, -0.2) is 9.13 Å². The monoisotopic (exact) mass is 1370 g/mol. The number of rotatable bonds is 75. The van der Waals surface area contributed by atoms with Crippen molar-refractivity contribution in [2.75, 3.05) is 39.6 Å². The Bertz CT molecular complexity index is 1770. The number of aliphatic hydroxyl groups is 1. The van der Waals surface area contributed by atoms with Crippen molar-refractivity contribution in [2.24, 2.45) is 0 Å². The molecule has 0 saturated carbocycles. The fraction of sp³-hybridized carbons (Fsp3) is 0.946. The van der Waals surface area contributed by atoms with E-state index in [1.165, 1.54) is 225 Å². The lowest BCUT2D eigenvalue weighted by Crippen LogP contribution is -2.30. The predicted octanol–water partition coefficient (Wildman–Crippen LogP) is 21.8. The van der Waals surface area contributed by atoms with E-state index in [-0.39, 0.29) is 25.7 Å². The van der Waals surface area contributed by atoms with E-state index in [2.05, 4.69) is 27.7 Å². The fourth-order valence-electron chi connectivity index (χ4n) is 11.4. The molecule has 0 aromatic carbocycles. The van der Waals surface area contributed by atoms with Gasteiger partial charge in [-0.1, -0.05) is 342 Å². The van der Waals surface area contributed by atoms with E-state index in [9.17, 15) is 43.2 Å². The lowest BCUT2D eigenvalue weighted by atomic mass is 10.0. The van der Waals surface area contributed by atoms with Crippen molar-refractivity contribution >= 4 is 39.5 Å². The van der Waals surface area contributed by atoms with E-state index in [0.29, 0.717) is 25.7 Å². The average molecular weight is 1370 g/mol. The molecule has 0 radical (unpaired) electrons. The molecule has 0 aliphatic heterocycles. The minimum atomic E-state index is -4.95. The number of phosphoric acid groups is 2. The topological polar surface area (TPSA) is 237 Å². The maximum atomic E-state index is 13.1. The summed E-state index contributed by atoms with van der Waals surface area (Å²) in [5.41, 5.74) is 0. The summed E-state index contributed by atoms with van der Waals surface area (Å²) < 4.78 is 68.4. The molecule has 0 heterocycles. The Hall–Kier alpha value is -1.94. The minimum Gasteiger partial charge on any atom is -0.462 e. The third-order valence-electron chi connectivity index (χ3n) is 17.4. The van der Waals surface area contributed by atoms with E-state index in [4.69, 9.17) is 37.0 Å². The molecule has 0 rings (SSSR count). The lowest BCUT2D eigenvalue weighted by molar-refractivity contribution is -0.161.